The Kier molecular flexibility index (Phi) is 6.11. The predicted octanol–water partition coefficient (Wildman–Crippen LogP) is 1.18. The van der Waals surface area contributed by atoms with E-state index in [1.165, 1.54) is 21.3 Å². The van der Waals surface area contributed by atoms with Crippen LogP contribution in [0.25, 0.3) is 0 Å². The standard InChI is InChI=1S/C14H22N2O4/c1-9(15)5-6-16-14(17)10-7-11(18-2)13(20-4)12(8-10)19-3/h7-9H,5-6,15H2,1-4H3,(H,16,17). The summed E-state index contributed by atoms with van der Waals surface area (Å²) in [7, 11) is 4.53. The van der Waals surface area contributed by atoms with Crippen LogP contribution in [0.4, 0.5) is 0 Å². The number of nitrogens with two attached hydrogens (primary N) is 1. The highest BCUT2D eigenvalue weighted by Gasteiger charge is 2.16. The number of amides is 1. The van der Waals surface area contributed by atoms with Gasteiger partial charge in [0.25, 0.3) is 5.91 Å². The number of ether oxygens (including phenoxy) is 3. The van der Waals surface area contributed by atoms with Gasteiger partial charge in [0, 0.05) is 18.2 Å². The molecular weight excluding hydrogens is 260 g/mol. The lowest BCUT2D eigenvalue weighted by Gasteiger charge is -2.14. The first-order valence-electron chi connectivity index (χ1n) is 6.37. The van der Waals surface area contributed by atoms with Crippen LogP contribution in [0.1, 0.15) is 23.7 Å². The Hall–Kier alpha value is -1.95. The van der Waals surface area contributed by atoms with Crippen LogP contribution in [-0.4, -0.2) is 39.8 Å². The van der Waals surface area contributed by atoms with Crippen molar-refractivity contribution >= 4 is 5.91 Å². The topological polar surface area (TPSA) is 82.8 Å². The molecule has 1 rings (SSSR count). The SMILES string of the molecule is COc1cc(C(=O)NCCC(C)N)cc(OC)c1OC. The van der Waals surface area contributed by atoms with Gasteiger partial charge in [0.1, 0.15) is 0 Å². The van der Waals surface area contributed by atoms with Crippen molar-refractivity contribution in [3.63, 3.8) is 0 Å². The van der Waals surface area contributed by atoms with Crippen molar-refractivity contribution in [2.45, 2.75) is 19.4 Å². The highest BCUT2D eigenvalue weighted by Crippen LogP contribution is 2.38. The third-order valence-corrected chi connectivity index (χ3v) is 2.81. The Bertz CT molecular complexity index is 435. The second kappa shape index (κ2) is 7.59. The molecule has 1 unspecified atom stereocenters. The first kappa shape index (κ1) is 16.1. The lowest BCUT2D eigenvalue weighted by Crippen LogP contribution is -2.29. The molecule has 1 aromatic carbocycles. The Balaban J connectivity index is 2.92. The summed E-state index contributed by atoms with van der Waals surface area (Å²) in [6.45, 7) is 2.42. The molecule has 6 nitrogen and oxygen atoms in total. The molecule has 0 radical (unpaired) electrons. The van der Waals surface area contributed by atoms with Gasteiger partial charge in [-0.05, 0) is 25.5 Å². The van der Waals surface area contributed by atoms with Crippen molar-refractivity contribution in [3.8, 4) is 17.2 Å². The van der Waals surface area contributed by atoms with Gasteiger partial charge in [-0.1, -0.05) is 0 Å². The number of carbonyl (C=O) groups excluding carboxylic acids is 1. The van der Waals surface area contributed by atoms with Crippen molar-refractivity contribution in [2.75, 3.05) is 27.9 Å². The van der Waals surface area contributed by atoms with Gasteiger partial charge in [-0.3, -0.25) is 4.79 Å². The fraction of sp³-hybridized carbons (Fsp3) is 0.500. The largest absolute Gasteiger partial charge is 0.493 e. The van der Waals surface area contributed by atoms with Gasteiger partial charge in [0.15, 0.2) is 11.5 Å². The summed E-state index contributed by atoms with van der Waals surface area (Å²) < 4.78 is 15.6. The first-order valence-corrected chi connectivity index (χ1v) is 6.37. The zero-order valence-electron chi connectivity index (χ0n) is 12.4. The van der Waals surface area contributed by atoms with Crippen molar-refractivity contribution < 1.29 is 19.0 Å². The molecule has 0 aromatic heterocycles. The van der Waals surface area contributed by atoms with Crippen LogP contribution < -0.4 is 25.3 Å². The minimum Gasteiger partial charge on any atom is -0.493 e. The molecule has 112 valence electrons. The van der Waals surface area contributed by atoms with E-state index in [0.717, 1.165) is 6.42 Å². The molecule has 6 heteroatoms. The third-order valence-electron chi connectivity index (χ3n) is 2.81. The van der Waals surface area contributed by atoms with Crippen molar-refractivity contribution in [1.29, 1.82) is 0 Å². The van der Waals surface area contributed by atoms with Gasteiger partial charge in [0.2, 0.25) is 5.75 Å². The van der Waals surface area contributed by atoms with E-state index >= 15 is 0 Å². The van der Waals surface area contributed by atoms with Crippen LogP contribution in [0.15, 0.2) is 12.1 Å². The summed E-state index contributed by atoms with van der Waals surface area (Å²) in [6.07, 6.45) is 0.718. The highest BCUT2D eigenvalue weighted by atomic mass is 16.5. The first-order chi connectivity index (χ1) is 9.53. The van der Waals surface area contributed by atoms with Crippen molar-refractivity contribution in [3.05, 3.63) is 17.7 Å². The summed E-state index contributed by atoms with van der Waals surface area (Å²) in [4.78, 5) is 12.1. The monoisotopic (exact) mass is 282 g/mol. The highest BCUT2D eigenvalue weighted by molar-refractivity contribution is 5.95. The average Bonchev–Trinajstić information content (AvgIpc) is 2.44. The van der Waals surface area contributed by atoms with Gasteiger partial charge < -0.3 is 25.3 Å². The summed E-state index contributed by atoms with van der Waals surface area (Å²) in [5.74, 6) is 1.15. The van der Waals surface area contributed by atoms with Crippen LogP contribution >= 0.6 is 0 Å². The molecule has 0 spiro atoms. The molecule has 0 bridgehead atoms. The Labute approximate surface area is 119 Å². The number of hydrogen-bond acceptors (Lipinski definition) is 5. The molecule has 3 N–H and O–H groups in total. The van der Waals surface area contributed by atoms with Gasteiger partial charge >= 0.3 is 0 Å². The smallest absolute Gasteiger partial charge is 0.251 e. The zero-order valence-corrected chi connectivity index (χ0v) is 12.4. The summed E-state index contributed by atoms with van der Waals surface area (Å²) in [6, 6.07) is 3.28. The maximum Gasteiger partial charge on any atom is 0.251 e. The fourth-order valence-corrected chi connectivity index (χ4v) is 1.73. The molecule has 0 fully saturated rings. The molecule has 0 heterocycles. The summed E-state index contributed by atoms with van der Waals surface area (Å²) in [5, 5.41) is 2.80. The molecule has 0 saturated carbocycles. The maximum absolute atomic E-state index is 12.1. The molecule has 0 aliphatic carbocycles. The van der Waals surface area contributed by atoms with E-state index < -0.39 is 0 Å². The molecular formula is C14H22N2O4. The van der Waals surface area contributed by atoms with E-state index in [1.54, 1.807) is 12.1 Å². The van der Waals surface area contributed by atoms with Crippen LogP contribution in [-0.2, 0) is 0 Å². The third kappa shape index (κ3) is 4.03. The molecule has 1 amide bonds. The van der Waals surface area contributed by atoms with Gasteiger partial charge in [-0.25, -0.2) is 0 Å². The van der Waals surface area contributed by atoms with Gasteiger partial charge in [-0.15, -0.1) is 0 Å². The minimum atomic E-state index is -0.204. The van der Waals surface area contributed by atoms with Crippen LogP contribution in [0.2, 0.25) is 0 Å². The summed E-state index contributed by atoms with van der Waals surface area (Å²) in [5.41, 5.74) is 6.09. The van der Waals surface area contributed by atoms with E-state index in [-0.39, 0.29) is 11.9 Å². The number of rotatable bonds is 7. The van der Waals surface area contributed by atoms with Crippen molar-refractivity contribution in [1.82, 2.24) is 5.32 Å². The quantitative estimate of drug-likeness (QED) is 0.784. The van der Waals surface area contributed by atoms with Crippen molar-refractivity contribution in [2.24, 2.45) is 5.73 Å². The number of carbonyl (C=O) groups is 1. The molecule has 20 heavy (non-hydrogen) atoms. The van der Waals surface area contributed by atoms with E-state index in [9.17, 15) is 4.79 Å². The van der Waals surface area contributed by atoms with Crippen LogP contribution in [0, 0.1) is 0 Å². The number of benzene rings is 1. The number of nitrogens with one attached hydrogen (secondary N) is 1. The van der Waals surface area contributed by atoms with Gasteiger partial charge in [-0.2, -0.15) is 0 Å². The van der Waals surface area contributed by atoms with E-state index in [4.69, 9.17) is 19.9 Å². The second-order valence-corrected chi connectivity index (χ2v) is 4.44. The predicted molar refractivity (Wildman–Crippen MR) is 76.7 cm³/mol. The number of methoxy groups -OCH3 is 3. The Morgan fingerprint density at radius 3 is 2.15 bits per heavy atom. The average molecular weight is 282 g/mol. The maximum atomic E-state index is 12.1. The normalized spacial score (nSPS) is 11.7. The fourth-order valence-electron chi connectivity index (χ4n) is 1.73. The van der Waals surface area contributed by atoms with Gasteiger partial charge in [0.05, 0.1) is 21.3 Å². The molecule has 1 aromatic rings. The number of hydrogen-bond donors (Lipinski definition) is 2. The van der Waals surface area contributed by atoms with E-state index in [0.29, 0.717) is 29.4 Å². The lowest BCUT2D eigenvalue weighted by atomic mass is 10.1. The van der Waals surface area contributed by atoms with Crippen LogP contribution in [0.5, 0.6) is 17.2 Å². The zero-order chi connectivity index (χ0) is 15.1. The minimum absolute atomic E-state index is 0.0511. The summed E-state index contributed by atoms with van der Waals surface area (Å²) >= 11 is 0. The molecule has 1 atom stereocenters. The lowest BCUT2D eigenvalue weighted by molar-refractivity contribution is 0.0952. The molecule has 0 saturated heterocycles. The van der Waals surface area contributed by atoms with E-state index in [1.807, 2.05) is 6.92 Å². The Morgan fingerprint density at radius 2 is 1.75 bits per heavy atom. The van der Waals surface area contributed by atoms with Crippen LogP contribution in [0.3, 0.4) is 0 Å². The second-order valence-electron chi connectivity index (χ2n) is 4.44. The molecule has 0 aliphatic heterocycles. The molecule has 0 aliphatic rings. The Morgan fingerprint density at radius 1 is 1.20 bits per heavy atom. The van der Waals surface area contributed by atoms with E-state index in [2.05, 4.69) is 5.32 Å².